The SMILES string of the molecule is CN(C(=O)c1ccc(S(=O)(=O)N(C)Cc2ccn[nH]2)cc1)c1ccccn1. The first-order valence-corrected chi connectivity index (χ1v) is 9.57. The summed E-state index contributed by atoms with van der Waals surface area (Å²) in [7, 11) is -0.573. The Morgan fingerprint density at radius 2 is 1.78 bits per heavy atom. The molecule has 0 bridgehead atoms. The fourth-order valence-electron chi connectivity index (χ4n) is 2.50. The van der Waals surface area contributed by atoms with Crippen LogP contribution in [-0.4, -0.2) is 47.9 Å². The lowest BCUT2D eigenvalue weighted by Gasteiger charge is -2.18. The van der Waals surface area contributed by atoms with E-state index in [1.54, 1.807) is 43.7 Å². The van der Waals surface area contributed by atoms with Crippen molar-refractivity contribution in [3.05, 3.63) is 72.2 Å². The number of H-pyrrole nitrogens is 1. The average Bonchev–Trinajstić information content (AvgIpc) is 3.20. The molecule has 3 rings (SSSR count). The Hall–Kier alpha value is -3.04. The van der Waals surface area contributed by atoms with E-state index in [1.165, 1.54) is 40.5 Å². The fraction of sp³-hybridized carbons (Fsp3) is 0.167. The number of carbonyl (C=O) groups is 1. The van der Waals surface area contributed by atoms with Crippen LogP contribution in [0.15, 0.2) is 65.8 Å². The summed E-state index contributed by atoms with van der Waals surface area (Å²) < 4.78 is 26.6. The molecule has 0 spiro atoms. The lowest BCUT2D eigenvalue weighted by Crippen LogP contribution is -2.28. The highest BCUT2D eigenvalue weighted by atomic mass is 32.2. The molecule has 0 aliphatic rings. The zero-order valence-corrected chi connectivity index (χ0v) is 15.7. The third kappa shape index (κ3) is 4.04. The second-order valence-electron chi connectivity index (χ2n) is 5.92. The van der Waals surface area contributed by atoms with Gasteiger partial charge in [0.1, 0.15) is 5.82 Å². The maximum Gasteiger partial charge on any atom is 0.259 e. The van der Waals surface area contributed by atoms with Crippen LogP contribution in [0.25, 0.3) is 0 Å². The van der Waals surface area contributed by atoms with Crippen LogP contribution in [0.5, 0.6) is 0 Å². The van der Waals surface area contributed by atoms with Crippen LogP contribution in [0.4, 0.5) is 5.82 Å². The molecule has 8 nitrogen and oxygen atoms in total. The summed E-state index contributed by atoms with van der Waals surface area (Å²) in [6.45, 7) is 0.172. The van der Waals surface area contributed by atoms with E-state index in [-0.39, 0.29) is 17.3 Å². The number of rotatable bonds is 6. The minimum absolute atomic E-state index is 0.113. The monoisotopic (exact) mass is 385 g/mol. The van der Waals surface area contributed by atoms with E-state index in [0.29, 0.717) is 17.1 Å². The summed E-state index contributed by atoms with van der Waals surface area (Å²) in [6.07, 6.45) is 3.17. The van der Waals surface area contributed by atoms with Gasteiger partial charge in [0.2, 0.25) is 10.0 Å². The van der Waals surface area contributed by atoms with Crippen LogP contribution in [0.1, 0.15) is 16.1 Å². The topological polar surface area (TPSA) is 99.3 Å². The largest absolute Gasteiger partial charge is 0.296 e. The van der Waals surface area contributed by atoms with Crippen molar-refractivity contribution in [3.8, 4) is 0 Å². The fourth-order valence-corrected chi connectivity index (χ4v) is 3.65. The van der Waals surface area contributed by atoms with Crippen LogP contribution in [0.2, 0.25) is 0 Å². The zero-order chi connectivity index (χ0) is 19.4. The van der Waals surface area contributed by atoms with Crippen molar-refractivity contribution in [3.63, 3.8) is 0 Å². The van der Waals surface area contributed by atoms with Crippen molar-refractivity contribution < 1.29 is 13.2 Å². The predicted molar refractivity (Wildman–Crippen MR) is 101 cm³/mol. The number of carbonyl (C=O) groups excluding carboxylic acids is 1. The number of anilines is 1. The molecule has 0 radical (unpaired) electrons. The van der Waals surface area contributed by atoms with Gasteiger partial charge in [-0.1, -0.05) is 6.07 Å². The molecule has 0 saturated heterocycles. The van der Waals surface area contributed by atoms with Gasteiger partial charge < -0.3 is 0 Å². The molecule has 2 heterocycles. The highest BCUT2D eigenvalue weighted by Crippen LogP contribution is 2.18. The van der Waals surface area contributed by atoms with Crippen molar-refractivity contribution in [2.45, 2.75) is 11.4 Å². The van der Waals surface area contributed by atoms with Crippen molar-refractivity contribution in [1.29, 1.82) is 0 Å². The number of amides is 1. The van der Waals surface area contributed by atoms with Crippen molar-refractivity contribution in [1.82, 2.24) is 19.5 Å². The number of pyridine rings is 1. The summed E-state index contributed by atoms with van der Waals surface area (Å²) in [6, 6.07) is 12.8. The lowest BCUT2D eigenvalue weighted by atomic mass is 10.2. The standard InChI is InChI=1S/C18H19N5O3S/c1-22(13-15-10-12-20-21-15)27(25,26)16-8-6-14(7-9-16)18(24)23(2)17-5-3-4-11-19-17/h3-12H,13H2,1-2H3,(H,20,21). The number of aromatic amines is 1. The van der Waals surface area contributed by atoms with Gasteiger partial charge in [-0.15, -0.1) is 0 Å². The first kappa shape index (κ1) is 18.7. The minimum atomic E-state index is -3.68. The molecule has 2 aromatic heterocycles. The van der Waals surface area contributed by atoms with E-state index in [2.05, 4.69) is 15.2 Å². The van der Waals surface area contributed by atoms with Crippen LogP contribution in [0, 0.1) is 0 Å². The third-order valence-corrected chi connectivity index (χ3v) is 5.88. The molecule has 0 aliphatic carbocycles. The van der Waals surface area contributed by atoms with Gasteiger partial charge in [-0.25, -0.2) is 13.4 Å². The molecule has 1 amide bonds. The molecule has 0 fully saturated rings. The molecule has 1 aromatic carbocycles. The summed E-state index contributed by atoms with van der Waals surface area (Å²) in [5.41, 5.74) is 1.06. The molecule has 0 saturated carbocycles. The lowest BCUT2D eigenvalue weighted by molar-refractivity contribution is 0.0992. The highest BCUT2D eigenvalue weighted by molar-refractivity contribution is 7.89. The molecule has 0 atom stereocenters. The van der Waals surface area contributed by atoms with Crippen LogP contribution < -0.4 is 4.90 Å². The van der Waals surface area contributed by atoms with Crippen molar-refractivity contribution in [2.75, 3.05) is 19.0 Å². The van der Waals surface area contributed by atoms with Gasteiger partial charge >= 0.3 is 0 Å². The number of aromatic nitrogens is 3. The second kappa shape index (κ2) is 7.68. The van der Waals surface area contributed by atoms with E-state index in [9.17, 15) is 13.2 Å². The van der Waals surface area contributed by atoms with Gasteiger partial charge in [-0.2, -0.15) is 9.40 Å². The molecule has 1 N–H and O–H groups in total. The Balaban J connectivity index is 1.77. The first-order valence-electron chi connectivity index (χ1n) is 8.13. The number of sulfonamides is 1. The first-order chi connectivity index (χ1) is 12.9. The number of nitrogens with one attached hydrogen (secondary N) is 1. The quantitative estimate of drug-likeness (QED) is 0.699. The molecule has 27 heavy (non-hydrogen) atoms. The molecular formula is C18H19N5O3S. The Bertz CT molecular complexity index is 1000. The Morgan fingerprint density at radius 1 is 1.04 bits per heavy atom. The van der Waals surface area contributed by atoms with Gasteiger partial charge in [0, 0.05) is 32.1 Å². The third-order valence-electron chi connectivity index (χ3n) is 4.06. The van der Waals surface area contributed by atoms with Crippen LogP contribution >= 0.6 is 0 Å². The maximum absolute atomic E-state index is 12.7. The summed E-state index contributed by atoms with van der Waals surface area (Å²) in [5, 5.41) is 6.54. The summed E-state index contributed by atoms with van der Waals surface area (Å²) >= 11 is 0. The Labute approximate surface area is 157 Å². The van der Waals surface area contributed by atoms with E-state index in [1.807, 2.05) is 0 Å². The van der Waals surface area contributed by atoms with E-state index in [4.69, 9.17) is 0 Å². The maximum atomic E-state index is 12.7. The molecule has 140 valence electrons. The van der Waals surface area contributed by atoms with Gasteiger partial charge in [-0.3, -0.25) is 14.8 Å². The molecule has 0 aliphatic heterocycles. The summed E-state index contributed by atoms with van der Waals surface area (Å²) in [5.74, 6) is 0.238. The van der Waals surface area contributed by atoms with Gasteiger partial charge in [0.15, 0.2) is 0 Å². The molecular weight excluding hydrogens is 366 g/mol. The average molecular weight is 385 g/mol. The van der Waals surface area contributed by atoms with Gasteiger partial charge in [-0.05, 0) is 42.5 Å². The van der Waals surface area contributed by atoms with E-state index < -0.39 is 10.0 Å². The highest BCUT2D eigenvalue weighted by Gasteiger charge is 2.22. The number of nitrogens with zero attached hydrogens (tertiary/aromatic N) is 4. The van der Waals surface area contributed by atoms with E-state index >= 15 is 0 Å². The Morgan fingerprint density at radius 3 is 2.37 bits per heavy atom. The molecule has 0 unspecified atom stereocenters. The predicted octanol–water partition coefficient (Wildman–Crippen LogP) is 1.90. The number of hydrogen-bond donors (Lipinski definition) is 1. The summed E-state index contributed by atoms with van der Waals surface area (Å²) in [4.78, 5) is 18.2. The Kier molecular flexibility index (Phi) is 5.33. The van der Waals surface area contributed by atoms with Gasteiger partial charge in [0.25, 0.3) is 5.91 Å². The van der Waals surface area contributed by atoms with Crippen LogP contribution in [-0.2, 0) is 16.6 Å². The van der Waals surface area contributed by atoms with Crippen molar-refractivity contribution >= 4 is 21.7 Å². The molecule has 3 aromatic rings. The van der Waals surface area contributed by atoms with Crippen molar-refractivity contribution in [2.24, 2.45) is 0 Å². The zero-order valence-electron chi connectivity index (χ0n) is 14.9. The smallest absolute Gasteiger partial charge is 0.259 e. The molecule has 9 heteroatoms. The van der Waals surface area contributed by atoms with E-state index in [0.717, 1.165) is 0 Å². The normalized spacial score (nSPS) is 11.5. The number of hydrogen-bond acceptors (Lipinski definition) is 5. The number of benzene rings is 1. The minimum Gasteiger partial charge on any atom is -0.296 e. The van der Waals surface area contributed by atoms with Crippen LogP contribution in [0.3, 0.4) is 0 Å². The second-order valence-corrected chi connectivity index (χ2v) is 7.96. The van der Waals surface area contributed by atoms with Gasteiger partial charge in [0.05, 0.1) is 17.1 Å².